The molecule has 146 valence electrons. The first-order valence-corrected chi connectivity index (χ1v) is 10.3. The molecule has 2 aromatic rings. The summed E-state index contributed by atoms with van der Waals surface area (Å²) in [4.78, 5) is 0. The van der Waals surface area contributed by atoms with Gasteiger partial charge in [-0.25, -0.2) is 8.78 Å². The normalized spacial score (nSPS) is 12.1. The molecule has 0 unspecified atom stereocenters. The van der Waals surface area contributed by atoms with E-state index in [0.29, 0.717) is 12.0 Å². The van der Waals surface area contributed by atoms with E-state index in [0.717, 1.165) is 50.5 Å². The second-order valence-corrected chi connectivity index (χ2v) is 7.29. The molecule has 0 radical (unpaired) electrons. The van der Waals surface area contributed by atoms with Crippen molar-refractivity contribution < 1.29 is 8.78 Å². The van der Waals surface area contributed by atoms with Gasteiger partial charge in [0.2, 0.25) is 0 Å². The zero-order valence-electron chi connectivity index (χ0n) is 16.7. The third-order valence-corrected chi connectivity index (χ3v) is 4.96. The zero-order valence-corrected chi connectivity index (χ0v) is 16.7. The van der Waals surface area contributed by atoms with Gasteiger partial charge >= 0.3 is 0 Å². The smallest absolute Gasteiger partial charge is 0.161 e. The van der Waals surface area contributed by atoms with Crippen LogP contribution in [0.5, 0.6) is 0 Å². The maximum absolute atomic E-state index is 14.2. The summed E-state index contributed by atoms with van der Waals surface area (Å²) < 4.78 is 28.2. The summed E-state index contributed by atoms with van der Waals surface area (Å²) in [5, 5.41) is 0. The van der Waals surface area contributed by atoms with Crippen molar-refractivity contribution in [2.24, 2.45) is 0 Å². The van der Waals surface area contributed by atoms with Gasteiger partial charge < -0.3 is 0 Å². The Hall–Kier alpha value is -1.96. The number of rotatable bonds is 11. The lowest BCUT2D eigenvalue weighted by molar-refractivity contribution is 0.535. The standard InChI is InChI=1S/C25H32F2/c1-3-5-6-7-9-24(26)25(27)23-18-16-22(17-19-23)15-14-21-12-10-20(8-4-2)11-13-21/h10-13,16-19H,3-9,14-15H2,1-2H3/b25-24-. The molecule has 0 aliphatic rings. The van der Waals surface area contributed by atoms with Crippen molar-refractivity contribution in [3.8, 4) is 0 Å². The molecule has 0 atom stereocenters. The number of hydrogen-bond acceptors (Lipinski definition) is 0. The first kappa shape index (κ1) is 21.3. The molecule has 2 aromatic carbocycles. The van der Waals surface area contributed by atoms with Crippen LogP contribution in [-0.2, 0) is 19.3 Å². The van der Waals surface area contributed by atoms with E-state index >= 15 is 0 Å². The Morgan fingerprint density at radius 1 is 0.630 bits per heavy atom. The highest BCUT2D eigenvalue weighted by molar-refractivity contribution is 5.61. The van der Waals surface area contributed by atoms with E-state index in [4.69, 9.17) is 0 Å². The van der Waals surface area contributed by atoms with Gasteiger partial charge in [-0.2, -0.15) is 0 Å². The molecule has 0 aliphatic heterocycles. The molecule has 0 bridgehead atoms. The van der Waals surface area contributed by atoms with Gasteiger partial charge in [0.1, 0.15) is 5.83 Å². The van der Waals surface area contributed by atoms with Crippen LogP contribution in [0.4, 0.5) is 8.78 Å². The fraction of sp³-hybridized carbons (Fsp3) is 0.440. The van der Waals surface area contributed by atoms with Crippen LogP contribution in [-0.4, -0.2) is 0 Å². The molecular formula is C25H32F2. The van der Waals surface area contributed by atoms with E-state index in [2.05, 4.69) is 38.1 Å². The third kappa shape index (κ3) is 7.28. The fourth-order valence-electron chi connectivity index (χ4n) is 3.24. The van der Waals surface area contributed by atoms with Gasteiger partial charge in [0.05, 0.1) is 0 Å². The van der Waals surface area contributed by atoms with E-state index < -0.39 is 11.7 Å². The van der Waals surface area contributed by atoms with Crippen LogP contribution in [0.1, 0.15) is 74.6 Å². The highest BCUT2D eigenvalue weighted by Gasteiger charge is 2.09. The Labute approximate surface area is 163 Å². The quantitative estimate of drug-likeness (QED) is 0.351. The van der Waals surface area contributed by atoms with Crippen molar-refractivity contribution in [2.75, 3.05) is 0 Å². The number of halogens is 2. The summed E-state index contributed by atoms with van der Waals surface area (Å²) in [7, 11) is 0. The van der Waals surface area contributed by atoms with Crippen molar-refractivity contribution in [1.82, 2.24) is 0 Å². The molecule has 0 fully saturated rings. The Morgan fingerprint density at radius 2 is 1.15 bits per heavy atom. The van der Waals surface area contributed by atoms with Crippen molar-refractivity contribution in [3.05, 3.63) is 76.6 Å². The van der Waals surface area contributed by atoms with Gasteiger partial charge in [-0.05, 0) is 42.4 Å². The molecule has 2 heteroatoms. The van der Waals surface area contributed by atoms with Crippen LogP contribution in [0.2, 0.25) is 0 Å². The number of unbranched alkanes of at least 4 members (excludes halogenated alkanes) is 3. The number of hydrogen-bond donors (Lipinski definition) is 0. The van der Waals surface area contributed by atoms with Crippen LogP contribution < -0.4 is 0 Å². The monoisotopic (exact) mass is 370 g/mol. The van der Waals surface area contributed by atoms with Gasteiger partial charge in [0.15, 0.2) is 5.83 Å². The molecule has 0 heterocycles. The Kier molecular flexibility index (Phi) is 9.24. The van der Waals surface area contributed by atoms with Gasteiger partial charge in [-0.3, -0.25) is 0 Å². The highest BCUT2D eigenvalue weighted by Crippen LogP contribution is 2.25. The fourth-order valence-corrected chi connectivity index (χ4v) is 3.24. The summed E-state index contributed by atoms with van der Waals surface area (Å²) in [6, 6.07) is 16.0. The van der Waals surface area contributed by atoms with E-state index in [1.54, 1.807) is 12.1 Å². The van der Waals surface area contributed by atoms with E-state index in [1.165, 1.54) is 11.1 Å². The van der Waals surface area contributed by atoms with Crippen molar-refractivity contribution >= 4 is 5.83 Å². The lowest BCUT2D eigenvalue weighted by Crippen LogP contribution is -1.93. The molecule has 0 amide bonds. The largest absolute Gasteiger partial charge is 0.209 e. The van der Waals surface area contributed by atoms with Crippen LogP contribution in [0, 0.1) is 0 Å². The average molecular weight is 371 g/mol. The molecule has 2 rings (SSSR count). The summed E-state index contributed by atoms with van der Waals surface area (Å²) in [6.07, 6.45) is 8.17. The minimum absolute atomic E-state index is 0.196. The SMILES string of the molecule is CCCCCC/C(F)=C(/F)c1ccc(CCc2ccc(CCC)cc2)cc1. The van der Waals surface area contributed by atoms with Crippen molar-refractivity contribution in [3.63, 3.8) is 0 Å². The predicted molar refractivity (Wildman–Crippen MR) is 112 cm³/mol. The second kappa shape index (κ2) is 11.7. The average Bonchev–Trinajstić information content (AvgIpc) is 2.70. The van der Waals surface area contributed by atoms with Gasteiger partial charge in [0.25, 0.3) is 0 Å². The number of allylic oxidation sites excluding steroid dienone is 1. The van der Waals surface area contributed by atoms with Crippen molar-refractivity contribution in [1.29, 1.82) is 0 Å². The van der Waals surface area contributed by atoms with Gasteiger partial charge in [-0.15, -0.1) is 0 Å². The zero-order chi connectivity index (χ0) is 19.5. The lowest BCUT2D eigenvalue weighted by Gasteiger charge is -2.06. The van der Waals surface area contributed by atoms with Gasteiger partial charge in [-0.1, -0.05) is 88.1 Å². The van der Waals surface area contributed by atoms with Gasteiger partial charge in [0, 0.05) is 12.0 Å². The van der Waals surface area contributed by atoms with E-state index in [-0.39, 0.29) is 6.42 Å². The maximum atomic E-state index is 14.2. The third-order valence-electron chi connectivity index (χ3n) is 4.96. The van der Waals surface area contributed by atoms with Crippen LogP contribution in [0.25, 0.3) is 5.83 Å². The molecule has 0 aliphatic carbocycles. The first-order valence-electron chi connectivity index (χ1n) is 10.3. The maximum Gasteiger partial charge on any atom is 0.161 e. The van der Waals surface area contributed by atoms with E-state index in [9.17, 15) is 8.78 Å². The number of aryl methyl sites for hydroxylation is 3. The lowest BCUT2D eigenvalue weighted by atomic mass is 10.0. The molecular weight excluding hydrogens is 338 g/mol. The molecule has 27 heavy (non-hydrogen) atoms. The Bertz CT molecular complexity index is 696. The summed E-state index contributed by atoms with van der Waals surface area (Å²) in [5.74, 6) is -1.32. The minimum Gasteiger partial charge on any atom is -0.209 e. The van der Waals surface area contributed by atoms with Crippen molar-refractivity contribution in [2.45, 2.75) is 71.6 Å². The summed E-state index contributed by atoms with van der Waals surface area (Å²) in [5.41, 5.74) is 4.18. The molecule has 0 nitrogen and oxygen atoms in total. The van der Waals surface area contributed by atoms with E-state index in [1.807, 2.05) is 12.1 Å². The molecule has 0 saturated carbocycles. The molecule has 0 spiro atoms. The van der Waals surface area contributed by atoms with Crippen LogP contribution in [0.15, 0.2) is 54.4 Å². The number of benzene rings is 2. The summed E-state index contributed by atoms with van der Waals surface area (Å²) in [6.45, 7) is 4.30. The molecule has 0 saturated heterocycles. The van der Waals surface area contributed by atoms with Crippen LogP contribution in [0.3, 0.4) is 0 Å². The first-order chi connectivity index (χ1) is 13.1. The predicted octanol–water partition coefficient (Wildman–Crippen LogP) is 8.00. The minimum atomic E-state index is -0.704. The Balaban J connectivity index is 1.88. The highest BCUT2D eigenvalue weighted by atomic mass is 19.2. The topological polar surface area (TPSA) is 0 Å². The second-order valence-electron chi connectivity index (χ2n) is 7.29. The summed E-state index contributed by atoms with van der Waals surface area (Å²) >= 11 is 0. The Morgan fingerprint density at radius 3 is 1.67 bits per heavy atom. The van der Waals surface area contributed by atoms with Crippen LogP contribution >= 0.6 is 0 Å². The molecule has 0 N–H and O–H groups in total. The molecule has 0 aromatic heterocycles.